The van der Waals surface area contributed by atoms with E-state index in [-0.39, 0.29) is 11.9 Å². The number of carbonyl (C=O) groups excluding carboxylic acids is 2. The molecule has 3 amide bonds. The van der Waals surface area contributed by atoms with Gasteiger partial charge in [-0.2, -0.15) is 0 Å². The van der Waals surface area contributed by atoms with E-state index in [9.17, 15) is 9.59 Å². The van der Waals surface area contributed by atoms with Crippen molar-refractivity contribution in [1.82, 2.24) is 10.6 Å². The van der Waals surface area contributed by atoms with Gasteiger partial charge in [-0.15, -0.1) is 11.3 Å². The van der Waals surface area contributed by atoms with Crippen LogP contribution in [0.3, 0.4) is 0 Å². The van der Waals surface area contributed by atoms with E-state index in [1.807, 2.05) is 31.2 Å². The molecule has 0 saturated carbocycles. The van der Waals surface area contributed by atoms with E-state index in [2.05, 4.69) is 27.8 Å². The molecule has 2 aromatic rings. The van der Waals surface area contributed by atoms with E-state index in [0.29, 0.717) is 15.4 Å². The van der Waals surface area contributed by atoms with Crippen LogP contribution in [0, 0.1) is 18.8 Å². The Labute approximate surface area is 162 Å². The van der Waals surface area contributed by atoms with Crippen LogP contribution in [-0.2, 0) is 0 Å². The zero-order valence-electron chi connectivity index (χ0n) is 15.1. The van der Waals surface area contributed by atoms with Gasteiger partial charge in [0.1, 0.15) is 4.88 Å². The Morgan fingerprint density at radius 3 is 2.70 bits per heavy atom. The first-order valence-electron chi connectivity index (χ1n) is 8.82. The molecule has 1 aromatic carbocycles. The second kappa shape index (κ2) is 8.71. The van der Waals surface area contributed by atoms with Crippen LogP contribution in [0.1, 0.15) is 38.5 Å². The number of amides is 3. The SMILES string of the molecule is Cc1ccc(C#Cc2cc(NC(N)=O)c(C(=O)NC3CCCNC3)s2)cc1. The number of carbonyl (C=O) groups is 2. The Hall–Kier alpha value is -2.82. The zero-order chi connectivity index (χ0) is 19.2. The molecule has 1 aliphatic rings. The van der Waals surface area contributed by atoms with Gasteiger partial charge in [0, 0.05) is 18.2 Å². The fraction of sp³-hybridized carbons (Fsp3) is 0.300. The van der Waals surface area contributed by atoms with Crippen molar-refractivity contribution in [1.29, 1.82) is 0 Å². The van der Waals surface area contributed by atoms with E-state index in [1.165, 1.54) is 16.9 Å². The molecule has 1 saturated heterocycles. The molecule has 27 heavy (non-hydrogen) atoms. The van der Waals surface area contributed by atoms with E-state index in [1.54, 1.807) is 6.07 Å². The molecular formula is C20H22N4O2S. The van der Waals surface area contributed by atoms with Gasteiger partial charge in [-0.05, 0) is 44.5 Å². The minimum atomic E-state index is -0.709. The van der Waals surface area contributed by atoms with Crippen LogP contribution < -0.4 is 21.7 Å². The third kappa shape index (κ3) is 5.33. The molecule has 5 N–H and O–H groups in total. The zero-order valence-corrected chi connectivity index (χ0v) is 15.9. The maximum atomic E-state index is 12.7. The molecule has 1 atom stereocenters. The second-order valence-electron chi connectivity index (χ2n) is 6.48. The van der Waals surface area contributed by atoms with Gasteiger partial charge in [-0.25, -0.2) is 4.79 Å². The summed E-state index contributed by atoms with van der Waals surface area (Å²) >= 11 is 1.24. The van der Waals surface area contributed by atoms with Gasteiger partial charge in [-0.3, -0.25) is 4.79 Å². The van der Waals surface area contributed by atoms with Crippen molar-refractivity contribution < 1.29 is 9.59 Å². The molecule has 1 fully saturated rings. The summed E-state index contributed by atoms with van der Waals surface area (Å²) in [4.78, 5) is 25.1. The molecule has 6 nitrogen and oxygen atoms in total. The first-order valence-corrected chi connectivity index (χ1v) is 9.63. The van der Waals surface area contributed by atoms with Crippen molar-refractivity contribution in [3.63, 3.8) is 0 Å². The van der Waals surface area contributed by atoms with Crippen molar-refractivity contribution in [2.45, 2.75) is 25.8 Å². The van der Waals surface area contributed by atoms with Crippen LogP contribution in [0.5, 0.6) is 0 Å². The number of nitrogens with one attached hydrogen (secondary N) is 3. The van der Waals surface area contributed by atoms with Crippen molar-refractivity contribution in [2.24, 2.45) is 5.73 Å². The number of benzene rings is 1. The number of anilines is 1. The van der Waals surface area contributed by atoms with Crippen LogP contribution in [0.25, 0.3) is 0 Å². The fourth-order valence-electron chi connectivity index (χ4n) is 2.84. The van der Waals surface area contributed by atoms with Gasteiger partial charge in [0.2, 0.25) is 0 Å². The highest BCUT2D eigenvalue weighted by atomic mass is 32.1. The van der Waals surface area contributed by atoms with E-state index < -0.39 is 6.03 Å². The Bertz CT molecular complexity index is 887. The van der Waals surface area contributed by atoms with Crippen LogP contribution in [-0.4, -0.2) is 31.1 Å². The first kappa shape index (κ1) is 19.0. The number of thiophene rings is 1. The second-order valence-corrected chi connectivity index (χ2v) is 7.53. The van der Waals surface area contributed by atoms with Gasteiger partial charge < -0.3 is 21.7 Å². The number of piperidine rings is 1. The smallest absolute Gasteiger partial charge is 0.316 e. The molecule has 0 bridgehead atoms. The summed E-state index contributed by atoms with van der Waals surface area (Å²) in [5.74, 6) is 5.91. The van der Waals surface area contributed by atoms with Crippen LogP contribution in [0.4, 0.5) is 10.5 Å². The molecular weight excluding hydrogens is 360 g/mol. The van der Waals surface area contributed by atoms with Gasteiger partial charge in [-0.1, -0.05) is 29.5 Å². The fourth-order valence-corrected chi connectivity index (χ4v) is 3.71. The van der Waals surface area contributed by atoms with Crippen molar-refractivity contribution in [3.05, 3.63) is 51.2 Å². The summed E-state index contributed by atoms with van der Waals surface area (Å²) in [6, 6.07) is 8.94. The highest BCUT2D eigenvalue weighted by Gasteiger charge is 2.21. The molecule has 140 valence electrons. The number of rotatable bonds is 3. The molecule has 1 aromatic heterocycles. The van der Waals surface area contributed by atoms with Crippen LogP contribution >= 0.6 is 11.3 Å². The lowest BCUT2D eigenvalue weighted by molar-refractivity contribution is 0.0935. The molecule has 1 aliphatic heterocycles. The quantitative estimate of drug-likeness (QED) is 0.614. The highest BCUT2D eigenvalue weighted by molar-refractivity contribution is 7.15. The maximum Gasteiger partial charge on any atom is 0.316 e. The number of urea groups is 1. The number of primary amides is 1. The summed E-state index contributed by atoms with van der Waals surface area (Å²) in [7, 11) is 0. The average Bonchev–Trinajstić information content (AvgIpc) is 3.04. The minimum Gasteiger partial charge on any atom is -0.351 e. The Morgan fingerprint density at radius 2 is 2.04 bits per heavy atom. The summed E-state index contributed by atoms with van der Waals surface area (Å²) in [5, 5.41) is 8.80. The maximum absolute atomic E-state index is 12.7. The number of aryl methyl sites for hydroxylation is 1. The third-order valence-electron chi connectivity index (χ3n) is 4.21. The largest absolute Gasteiger partial charge is 0.351 e. The van der Waals surface area contributed by atoms with Gasteiger partial charge >= 0.3 is 6.03 Å². The molecule has 1 unspecified atom stereocenters. The number of nitrogens with two attached hydrogens (primary N) is 1. The highest BCUT2D eigenvalue weighted by Crippen LogP contribution is 2.27. The van der Waals surface area contributed by atoms with Crippen LogP contribution in [0.15, 0.2) is 30.3 Å². The molecule has 2 heterocycles. The number of hydrogen-bond acceptors (Lipinski definition) is 4. The predicted octanol–water partition coefficient (Wildman–Crippen LogP) is 2.43. The van der Waals surface area contributed by atoms with E-state index in [4.69, 9.17) is 5.73 Å². The normalized spacial score (nSPS) is 16.1. The Morgan fingerprint density at radius 1 is 1.26 bits per heavy atom. The summed E-state index contributed by atoms with van der Waals surface area (Å²) in [6.45, 7) is 3.74. The van der Waals surface area contributed by atoms with Crippen molar-refractivity contribution in [3.8, 4) is 11.8 Å². The average molecular weight is 382 g/mol. The first-order chi connectivity index (χ1) is 13.0. The molecule has 0 radical (unpaired) electrons. The molecule has 0 spiro atoms. The Balaban J connectivity index is 1.81. The lowest BCUT2D eigenvalue weighted by atomic mass is 10.1. The summed E-state index contributed by atoms with van der Waals surface area (Å²) < 4.78 is 0. The van der Waals surface area contributed by atoms with Crippen molar-refractivity contribution in [2.75, 3.05) is 18.4 Å². The molecule has 0 aliphatic carbocycles. The molecule has 3 rings (SSSR count). The third-order valence-corrected chi connectivity index (χ3v) is 5.26. The minimum absolute atomic E-state index is 0.0804. The van der Waals surface area contributed by atoms with Crippen molar-refractivity contribution >= 4 is 29.0 Å². The van der Waals surface area contributed by atoms with Crippen LogP contribution in [0.2, 0.25) is 0 Å². The summed E-state index contributed by atoms with van der Waals surface area (Å²) in [5.41, 5.74) is 7.69. The lowest BCUT2D eigenvalue weighted by Crippen LogP contribution is -2.45. The van der Waals surface area contributed by atoms with Gasteiger partial charge in [0.05, 0.1) is 10.6 Å². The standard InChI is InChI=1S/C20H22N4O2S/c1-13-4-6-14(7-5-13)8-9-16-11-17(24-20(21)26)18(27-16)19(25)23-15-3-2-10-22-12-15/h4-7,11,15,22H,2-3,10,12H2,1H3,(H,23,25)(H3,21,24,26). The predicted molar refractivity (Wildman–Crippen MR) is 108 cm³/mol. The van der Waals surface area contributed by atoms with E-state index >= 15 is 0 Å². The molecule has 7 heteroatoms. The van der Waals surface area contributed by atoms with Gasteiger partial charge in [0.15, 0.2) is 0 Å². The monoisotopic (exact) mass is 382 g/mol. The van der Waals surface area contributed by atoms with Gasteiger partial charge in [0.25, 0.3) is 5.91 Å². The Kier molecular flexibility index (Phi) is 6.12. The topological polar surface area (TPSA) is 96.2 Å². The lowest BCUT2D eigenvalue weighted by Gasteiger charge is -2.23. The summed E-state index contributed by atoms with van der Waals surface area (Å²) in [6.07, 6.45) is 1.96. The van der Waals surface area contributed by atoms with E-state index in [0.717, 1.165) is 31.5 Å². The number of hydrogen-bond donors (Lipinski definition) is 4.